The molecule has 2 rings (SSSR count). The molecular formula is C14H20INO. The molecule has 2 nitrogen and oxygen atoms in total. The first-order chi connectivity index (χ1) is 8.04. The van der Waals surface area contributed by atoms with E-state index in [1.807, 2.05) is 0 Å². The lowest BCUT2D eigenvalue weighted by Crippen LogP contribution is -2.58. The fraction of sp³-hybridized carbons (Fsp3) is 0.571. The van der Waals surface area contributed by atoms with Gasteiger partial charge in [0.2, 0.25) is 0 Å². The largest absolute Gasteiger partial charge is 0.382 e. The highest BCUT2D eigenvalue weighted by atomic mass is 127. The summed E-state index contributed by atoms with van der Waals surface area (Å²) in [5, 5.41) is 3.60. The van der Waals surface area contributed by atoms with E-state index >= 15 is 0 Å². The molecular weight excluding hydrogens is 325 g/mol. The molecule has 1 fully saturated rings. The van der Waals surface area contributed by atoms with Crippen LogP contribution in [-0.4, -0.2) is 18.8 Å². The van der Waals surface area contributed by atoms with Gasteiger partial charge in [-0.05, 0) is 60.2 Å². The lowest BCUT2D eigenvalue weighted by atomic mass is 9.64. The quantitative estimate of drug-likeness (QED) is 0.836. The number of ether oxygens (including phenoxy) is 1. The van der Waals surface area contributed by atoms with Crippen LogP contribution in [-0.2, 0) is 4.74 Å². The Morgan fingerprint density at radius 3 is 2.53 bits per heavy atom. The Balaban J connectivity index is 1.95. The molecule has 0 amide bonds. The van der Waals surface area contributed by atoms with Crippen molar-refractivity contribution in [3.05, 3.63) is 27.8 Å². The summed E-state index contributed by atoms with van der Waals surface area (Å²) >= 11 is 2.33. The standard InChI is InChI=1S/C14H20INO/c1-4-17-13-9-12(14(13,2)3)16-11-7-5-10(15)6-8-11/h5-8,12-13,16H,4,9H2,1-3H3. The van der Waals surface area contributed by atoms with Gasteiger partial charge in [-0.2, -0.15) is 0 Å². The third kappa shape index (κ3) is 2.76. The van der Waals surface area contributed by atoms with Crippen LogP contribution in [0.3, 0.4) is 0 Å². The molecule has 0 heterocycles. The average molecular weight is 345 g/mol. The van der Waals surface area contributed by atoms with Gasteiger partial charge in [0.25, 0.3) is 0 Å². The molecule has 3 heteroatoms. The van der Waals surface area contributed by atoms with Gasteiger partial charge in [0.05, 0.1) is 6.10 Å². The molecule has 17 heavy (non-hydrogen) atoms. The third-order valence-corrected chi connectivity index (χ3v) is 4.45. The molecule has 0 spiro atoms. The number of nitrogens with one attached hydrogen (secondary N) is 1. The van der Waals surface area contributed by atoms with Gasteiger partial charge < -0.3 is 10.1 Å². The van der Waals surface area contributed by atoms with Crippen LogP contribution in [0.4, 0.5) is 5.69 Å². The number of hydrogen-bond donors (Lipinski definition) is 1. The molecule has 1 aromatic rings. The molecule has 1 aromatic carbocycles. The van der Waals surface area contributed by atoms with Crippen LogP contribution in [0.2, 0.25) is 0 Å². The minimum absolute atomic E-state index is 0.221. The summed E-state index contributed by atoms with van der Waals surface area (Å²) in [6.45, 7) is 7.43. The van der Waals surface area contributed by atoms with Gasteiger partial charge in [0.1, 0.15) is 0 Å². The second-order valence-corrected chi connectivity index (χ2v) is 6.45. The third-order valence-electron chi connectivity index (χ3n) is 3.73. The van der Waals surface area contributed by atoms with E-state index in [9.17, 15) is 0 Å². The summed E-state index contributed by atoms with van der Waals surface area (Å²) in [7, 11) is 0. The van der Waals surface area contributed by atoms with Crippen LogP contribution in [0.5, 0.6) is 0 Å². The second-order valence-electron chi connectivity index (χ2n) is 5.20. The Bertz CT molecular complexity index is 374. The van der Waals surface area contributed by atoms with Crippen LogP contribution in [0, 0.1) is 8.99 Å². The van der Waals surface area contributed by atoms with E-state index in [0.717, 1.165) is 13.0 Å². The van der Waals surface area contributed by atoms with Crippen molar-refractivity contribution in [2.75, 3.05) is 11.9 Å². The fourth-order valence-corrected chi connectivity index (χ4v) is 2.72. The van der Waals surface area contributed by atoms with Gasteiger partial charge in [0.15, 0.2) is 0 Å². The van der Waals surface area contributed by atoms with Gasteiger partial charge >= 0.3 is 0 Å². The Kier molecular flexibility index (Phi) is 3.98. The fourth-order valence-electron chi connectivity index (χ4n) is 2.36. The van der Waals surface area contributed by atoms with E-state index in [4.69, 9.17) is 4.74 Å². The molecule has 0 radical (unpaired) electrons. The molecule has 1 N–H and O–H groups in total. The molecule has 0 saturated heterocycles. The van der Waals surface area contributed by atoms with Crippen molar-refractivity contribution < 1.29 is 4.74 Å². The molecule has 1 aliphatic carbocycles. The van der Waals surface area contributed by atoms with E-state index in [-0.39, 0.29) is 5.41 Å². The molecule has 0 aromatic heterocycles. The maximum absolute atomic E-state index is 5.74. The van der Waals surface area contributed by atoms with Gasteiger partial charge in [-0.3, -0.25) is 0 Å². The van der Waals surface area contributed by atoms with Gasteiger partial charge in [0, 0.05) is 27.3 Å². The van der Waals surface area contributed by atoms with Crippen molar-refractivity contribution in [1.29, 1.82) is 0 Å². The highest BCUT2D eigenvalue weighted by molar-refractivity contribution is 14.1. The van der Waals surface area contributed by atoms with Crippen molar-refractivity contribution in [1.82, 2.24) is 0 Å². The molecule has 0 aliphatic heterocycles. The van der Waals surface area contributed by atoms with E-state index in [1.165, 1.54) is 9.26 Å². The Labute approximate surface area is 117 Å². The first-order valence-corrected chi connectivity index (χ1v) is 7.25. The smallest absolute Gasteiger partial charge is 0.0665 e. The summed E-state index contributed by atoms with van der Waals surface area (Å²) < 4.78 is 7.01. The highest BCUT2D eigenvalue weighted by Crippen LogP contribution is 2.44. The monoisotopic (exact) mass is 345 g/mol. The van der Waals surface area contributed by atoms with E-state index < -0.39 is 0 Å². The zero-order chi connectivity index (χ0) is 12.5. The van der Waals surface area contributed by atoms with Crippen molar-refractivity contribution >= 4 is 28.3 Å². The number of halogens is 1. The minimum Gasteiger partial charge on any atom is -0.382 e. The van der Waals surface area contributed by atoms with Gasteiger partial charge in [-0.25, -0.2) is 0 Å². The molecule has 1 saturated carbocycles. The molecule has 2 atom stereocenters. The summed E-state index contributed by atoms with van der Waals surface area (Å²) in [4.78, 5) is 0. The molecule has 1 aliphatic rings. The maximum Gasteiger partial charge on any atom is 0.0665 e. The first-order valence-electron chi connectivity index (χ1n) is 6.17. The Morgan fingerprint density at radius 2 is 2.00 bits per heavy atom. The minimum atomic E-state index is 0.221. The SMILES string of the molecule is CCOC1CC(Nc2ccc(I)cc2)C1(C)C. The van der Waals surface area contributed by atoms with Crippen LogP contribution < -0.4 is 5.32 Å². The van der Waals surface area contributed by atoms with E-state index in [1.54, 1.807) is 0 Å². The predicted molar refractivity (Wildman–Crippen MR) is 80.4 cm³/mol. The van der Waals surface area contributed by atoms with E-state index in [0.29, 0.717) is 12.1 Å². The topological polar surface area (TPSA) is 21.3 Å². The number of anilines is 1. The van der Waals surface area contributed by atoms with Gasteiger partial charge in [-0.15, -0.1) is 0 Å². The van der Waals surface area contributed by atoms with Crippen molar-refractivity contribution in [2.24, 2.45) is 5.41 Å². The zero-order valence-electron chi connectivity index (χ0n) is 10.7. The van der Waals surface area contributed by atoms with Gasteiger partial charge in [-0.1, -0.05) is 13.8 Å². The summed E-state index contributed by atoms with van der Waals surface area (Å²) in [5.74, 6) is 0. The molecule has 0 bridgehead atoms. The van der Waals surface area contributed by atoms with Crippen molar-refractivity contribution in [3.8, 4) is 0 Å². The van der Waals surface area contributed by atoms with Crippen LogP contribution in [0.25, 0.3) is 0 Å². The summed E-state index contributed by atoms with van der Waals surface area (Å²) in [6, 6.07) is 9.07. The Morgan fingerprint density at radius 1 is 1.35 bits per heavy atom. The number of benzene rings is 1. The zero-order valence-corrected chi connectivity index (χ0v) is 12.8. The maximum atomic E-state index is 5.74. The van der Waals surface area contributed by atoms with Crippen molar-refractivity contribution in [3.63, 3.8) is 0 Å². The molecule has 2 unspecified atom stereocenters. The van der Waals surface area contributed by atoms with Crippen LogP contribution >= 0.6 is 22.6 Å². The lowest BCUT2D eigenvalue weighted by Gasteiger charge is -2.52. The first kappa shape index (κ1) is 13.1. The normalized spacial score (nSPS) is 26.4. The predicted octanol–water partition coefficient (Wildman–Crippen LogP) is 3.91. The highest BCUT2D eigenvalue weighted by Gasteiger charge is 2.48. The Hall–Kier alpha value is -0.290. The average Bonchev–Trinajstić information content (AvgIpc) is 2.30. The molecule has 94 valence electrons. The van der Waals surface area contributed by atoms with Crippen LogP contribution in [0.1, 0.15) is 27.2 Å². The second kappa shape index (κ2) is 5.14. The van der Waals surface area contributed by atoms with Crippen LogP contribution in [0.15, 0.2) is 24.3 Å². The van der Waals surface area contributed by atoms with E-state index in [2.05, 4.69) is 72.9 Å². The van der Waals surface area contributed by atoms with Crippen molar-refractivity contribution in [2.45, 2.75) is 39.3 Å². The number of rotatable bonds is 4. The number of hydrogen-bond acceptors (Lipinski definition) is 2. The summed E-state index contributed by atoms with van der Waals surface area (Å²) in [5.41, 5.74) is 1.43. The lowest BCUT2D eigenvalue weighted by molar-refractivity contribution is -0.0975. The summed E-state index contributed by atoms with van der Waals surface area (Å²) in [6.07, 6.45) is 1.50.